The van der Waals surface area contributed by atoms with Gasteiger partial charge < -0.3 is 0 Å². The second-order valence-electron chi connectivity index (χ2n) is 0. The maximum atomic E-state index is 8.75. The van der Waals surface area contributed by atoms with Crippen molar-refractivity contribution < 1.29 is 190 Å². The zero-order valence-corrected chi connectivity index (χ0v) is 0.955. The van der Waals surface area contributed by atoms with Crippen molar-refractivity contribution in [2.75, 3.05) is 0 Å². The van der Waals surface area contributed by atoms with Crippen LogP contribution in [0.25, 0.3) is 0 Å². The molecule has 0 saturated carbocycles. The molecule has 0 saturated heterocycles. The van der Waals surface area contributed by atoms with E-state index >= 15 is 0 Å². The predicted octanol–water partition coefficient (Wildman–Crippen LogP) is 34.2. The number of hydrogen-bond acceptors (Lipinski definition) is 0. The highest BCUT2D eigenvalue weighted by Gasteiger charge is 0.000588. The van der Waals surface area contributed by atoms with Gasteiger partial charge in [0.25, 0.3) is 1.45 Å². The first-order chi connectivity index (χ1) is 61.0. The van der Waals surface area contributed by atoms with E-state index in [-0.39, 0.29) is 231 Å². The summed E-state index contributed by atoms with van der Waals surface area (Å²) >= 11 is 0. The Morgan fingerprint density at radius 1 is 0.226 bits per heavy atom. The molecule has 0 amide bonds. The fraction of sp³-hybridized carbons (Fsp3) is 1.00. The second-order valence-corrected chi connectivity index (χ2v) is 0. The van der Waals surface area contributed by atoms with Gasteiger partial charge in [0, 0.05) is 194 Å². The Balaban J connectivity index is -0.00000000255. The molecule has 0 heterocycles. The highest BCUT2D eigenvalue weighted by Crippen LogP contribution is 0.420. The van der Waals surface area contributed by atoms with Crippen LogP contribution in [-0.2, 0) is 0 Å². The molecule has 0 aliphatic carbocycles. The Morgan fingerprint density at radius 3 is 0.226 bits per heavy atom. The Labute approximate surface area is 422 Å². The van der Waals surface area contributed by atoms with Crippen LogP contribution in [-0.4, -0.2) is 9.86 Å². The van der Waals surface area contributed by atoms with E-state index in [2.05, 4.69) is 1.45 Å². The molecule has 0 nitrogen and oxygen atoms in total. The predicted molar refractivity (Wildman–Crippen MR) is 341 cm³/mol. The third-order valence-corrected chi connectivity index (χ3v) is 0. The summed E-state index contributed by atoms with van der Waals surface area (Å²) in [7, 11) is 0. The molecule has 3 radical (unpaired) electrons. The number of rotatable bonds is 0. The largest absolute Gasteiger partial charge is 0.269 e. The fourth-order valence-electron chi connectivity index (χ4n) is 0. The van der Waals surface area contributed by atoms with Crippen molar-refractivity contribution in [3.8, 4) is 0 Å². The van der Waals surface area contributed by atoms with Gasteiger partial charge >= 0.3 is 0 Å². The third-order valence-electron chi connectivity index (χ3n) is 0. The monoisotopic (exact) mass is 754 g/mol. The Kier molecular flexibility index (Phi) is 238000000. The third kappa shape index (κ3) is 916000000. The van der Waals surface area contributed by atoms with Gasteiger partial charge in [0.15, 0.2) is 0 Å². The minimum absolute atomic E-state index is 0. The Bertz CT molecular complexity index is 125. The molecule has 0 aliphatic rings. The lowest BCUT2D eigenvalue weighted by Crippen LogP contribution is -0.381. The molecule has 2 heteroatoms. The van der Waals surface area contributed by atoms with E-state index in [1.54, 1.807) is 0 Å². The quantitative estimate of drug-likeness (QED) is 0.216. The van der Waals surface area contributed by atoms with Crippen molar-refractivity contribution in [3.05, 3.63) is 0 Å². The molecule has 0 aromatic carbocycles. The van der Waals surface area contributed by atoms with Crippen LogP contribution in [0.5, 0.6) is 0 Å². The molecule has 0 bridgehead atoms. The van der Waals surface area contributed by atoms with Crippen molar-refractivity contribution in [1.29, 1.82) is 1.45 Å². The van der Waals surface area contributed by atoms with Crippen LogP contribution < -0.4 is 0 Å². The maximum absolute atomic E-state index is 8.75. The zero-order valence-electron chi connectivity index (χ0n) is 122. The molecule has 0 spiro atoms. The SMILES string of the molecule is C.C.C.C.C.C.C.C.C.C.C.C.C.C.C.C.C.C.C.C.C.C.C.C.C.C.C.C.C.[2HH].[2HH].[2HH].[2HH].[2HH].[2H]F.[2H][2H].[2H][2H].[2H][2H].[2H][2H].[2H][2H].[2H][2H].[2H][2H].[2H][2H].[2H][2H].[2H][2H].[2H][2H].[2H][2H].[2H][2H].[2H][2H].[2H][2H].[2H][2H].[2H][2H].[2H][2H].[2H][2H].[2H][2H].[2H][2H].[2H][2H].[2H][2H].[2H][2H].[2H][2H].[2H][2H].[2H][2H].[2H][2H].[2H][2H].[2H][2H].[2H][2H].[2H][2H].[2H][2H].[2H][2H].[2H][2H].[2H][2H].[2H][2H].[2H][2H].[2H][2H].[2H][2H].[2H][2H].[2H][2H].[2H][2H].[2H][2H].[2H][2H].[2H][2H].[2H][2H].[2H][2H].[2H][2H].[2H][2H].[2H][2H].[2H][2H].[2H][2H].[2H][2H].[2H][2H].[2H][2H].[2H][2H].[2H][2H].[2H][2H].[2H][2H].[B]. The first-order valence-electron chi connectivity index (χ1n) is 60.4. The summed E-state index contributed by atoms with van der Waals surface area (Å²) in [5.74, 6) is 0. The maximum Gasteiger partial charge on any atom is 0.269 e. The van der Waals surface area contributed by atoms with Crippen LogP contribution >= 0.6 is 0 Å². The highest BCUT2D eigenvalue weighted by atomic mass is 19.0. The number of hydrogen-bond donors (Lipinski definition) is 0. The average molecular weight is 754 g/mol. The normalized spacial score (nSPS) is 15.7. The molecule has 0 aromatic heterocycles. The summed E-state index contributed by atoms with van der Waals surface area (Å²) in [6.45, 7) is 0. The van der Waals surface area contributed by atoms with Crippen LogP contribution in [0.3, 0.4) is 0 Å². The average Bonchev–Trinajstić information content (AvgIpc) is 4.01. The standard InChI is InChI=1S/29CH4.B.FH.65H2/h29*1H4;;66*1H/i;;;;;;;;;;;;;;;;;;;;;;;;;;;;;;;60*1+1D;5*1+1/hD. The summed E-state index contributed by atoms with van der Waals surface area (Å²) in [6, 6.07) is 0. The molecule has 31 heavy (non-hydrogen) atoms. The summed E-state index contributed by atoms with van der Waals surface area (Å²) in [5, 5.41) is 0. The first kappa shape index (κ1) is 7.50. The minimum atomic E-state index is 0. The number of halogens is 1. The molecule has 0 atom stereocenters. The molecule has 0 N–H and O–H groups in total. The van der Waals surface area contributed by atoms with E-state index in [0.717, 1.165) is 0 Å². The van der Waals surface area contributed by atoms with Crippen molar-refractivity contribution in [2.24, 2.45) is 0 Å². The van der Waals surface area contributed by atoms with E-state index in [0.29, 0.717) is 0 Å². The lowest BCUT2D eigenvalue weighted by Gasteiger charge is -0.269. The van der Waals surface area contributed by atoms with Gasteiger partial charge in [-0.05, 0) is 0 Å². The van der Waals surface area contributed by atoms with Crippen LogP contribution in [0, 0.1) is 0 Å². The van der Waals surface area contributed by atoms with Crippen LogP contribution in [0.1, 0.15) is 401 Å². The van der Waals surface area contributed by atoms with Crippen LogP contribution in [0.4, 0.5) is 4.72 Å². The molecule has 0 fully saturated rings. The summed E-state index contributed by atoms with van der Waals surface area (Å²) in [4.78, 5) is 0. The molecule has 373 valence electrons. The van der Waals surface area contributed by atoms with Gasteiger partial charge in [0.05, 0.1) is 0 Å². The molecule has 0 unspecified atom stereocenters. The van der Waals surface area contributed by atoms with E-state index in [1.807, 2.05) is 0 Å². The first-order valence-corrected chi connectivity index (χ1v) is 0. The topological polar surface area (TPSA) is 0 Å². The van der Waals surface area contributed by atoms with Crippen LogP contribution in [0.2, 0.25) is 0 Å². The molecule has 0 aromatic rings. The molecule has 0 rings (SSSR count). The van der Waals surface area contributed by atoms with Gasteiger partial charge in [-0.25, -0.2) is 0 Å². The van der Waals surface area contributed by atoms with Gasteiger partial charge in [-0.15, -0.1) is 0 Å². The van der Waals surface area contributed by atoms with Crippen molar-refractivity contribution in [3.63, 3.8) is 0 Å². The van der Waals surface area contributed by atoms with Crippen molar-refractivity contribution >= 4 is 8.41 Å². The van der Waals surface area contributed by atoms with Gasteiger partial charge in [0.2, 0.25) is 0 Å². The molecular weight excluding hydrogens is 378 g/mol. The lowest BCUT2D eigenvalue weighted by atomic mass is 10.8. The lowest BCUT2D eigenvalue weighted by molar-refractivity contribution is 1.11. The van der Waals surface area contributed by atoms with Crippen molar-refractivity contribution in [2.45, 2.75) is 215 Å². The van der Waals surface area contributed by atoms with Gasteiger partial charge in [-0.1, -0.05) is 215 Å². The second kappa shape index (κ2) is 983000000. The smallest absolute Gasteiger partial charge is 0.269 e. The Hall–Kier alpha value is -0.00506. The van der Waals surface area contributed by atoms with E-state index in [1.165, 1.54) is 0 Å². The van der Waals surface area contributed by atoms with E-state index < -0.39 is 0 Å². The Morgan fingerprint density at radius 2 is 0.226 bits per heavy atom. The fourth-order valence-corrected chi connectivity index (χ4v) is 0. The van der Waals surface area contributed by atoms with Gasteiger partial charge in [-0.3, -0.25) is 4.72 Å². The minimum Gasteiger partial charge on any atom is -0.269 e. The highest BCUT2D eigenvalue weighted by molar-refractivity contribution is 5.75. The summed E-state index contributed by atoms with van der Waals surface area (Å²) in [6.07, 6.45) is 0. The molecule has 0 aliphatic heterocycles. The van der Waals surface area contributed by atoms with Crippen molar-refractivity contribution in [1.82, 2.24) is 0 Å². The summed E-state index contributed by atoms with van der Waals surface area (Å²) < 4.78 is 613. The van der Waals surface area contributed by atoms with E-state index in [9.17, 15) is 0 Å². The molecular formula is C29H247BF. The van der Waals surface area contributed by atoms with E-state index in [4.69, 9.17) is 183 Å². The summed E-state index contributed by atoms with van der Waals surface area (Å²) in [5.41, 5.74) is 0. The van der Waals surface area contributed by atoms with Gasteiger partial charge in [-0.2, -0.15) is 0 Å². The van der Waals surface area contributed by atoms with Crippen LogP contribution in [0.15, 0.2) is 0 Å². The van der Waals surface area contributed by atoms with Gasteiger partial charge in [0.1, 0.15) is 0 Å². The zero-order chi connectivity index (χ0) is 122.